The van der Waals surface area contributed by atoms with Crippen molar-refractivity contribution in [1.29, 1.82) is 0 Å². The quantitative estimate of drug-likeness (QED) is 0.336. The van der Waals surface area contributed by atoms with E-state index in [4.69, 9.17) is 21.1 Å². The van der Waals surface area contributed by atoms with Crippen molar-refractivity contribution in [3.05, 3.63) is 94.0 Å². The molecule has 0 saturated carbocycles. The predicted molar refractivity (Wildman–Crippen MR) is 127 cm³/mol. The number of methoxy groups -OCH3 is 1. The van der Waals surface area contributed by atoms with E-state index in [0.29, 0.717) is 16.8 Å². The number of halogens is 1. The third kappa shape index (κ3) is 5.79. The average molecular weight is 466 g/mol. The van der Waals surface area contributed by atoms with E-state index in [1.54, 1.807) is 43.3 Å². The van der Waals surface area contributed by atoms with Crippen LogP contribution in [0, 0.1) is 6.92 Å². The average Bonchev–Trinajstić information content (AvgIpc) is 2.83. The molecular formula is C26H24ClNO5. The number of rotatable bonds is 8. The number of aryl methyl sites for hydroxylation is 1. The predicted octanol–water partition coefficient (Wildman–Crippen LogP) is 5.79. The number of nitrogens with one attached hydrogen (secondary N) is 1. The standard InChI is InChI=1S/C26H24ClNO5/c1-4-23(29)28-21-15-22(32-3)19(14-20(21)27)26(31)33-25(18-8-6-5-7-9-18)24(30)17-12-10-16(2)11-13-17/h5-15,25H,4H2,1-3H3,(H,28,29)/t25-/m1/s1. The molecule has 0 heterocycles. The van der Waals surface area contributed by atoms with Gasteiger partial charge in [-0.2, -0.15) is 0 Å². The zero-order valence-corrected chi connectivity index (χ0v) is 19.3. The molecule has 0 saturated heterocycles. The van der Waals surface area contributed by atoms with Gasteiger partial charge in [0.05, 0.1) is 17.8 Å². The lowest BCUT2D eigenvalue weighted by atomic mass is 9.99. The molecule has 0 fully saturated rings. The van der Waals surface area contributed by atoms with Gasteiger partial charge in [0.15, 0.2) is 6.10 Å². The Morgan fingerprint density at radius 1 is 1.00 bits per heavy atom. The van der Waals surface area contributed by atoms with E-state index in [0.717, 1.165) is 5.56 Å². The maximum Gasteiger partial charge on any atom is 0.343 e. The zero-order chi connectivity index (χ0) is 24.0. The highest BCUT2D eigenvalue weighted by Gasteiger charge is 2.28. The van der Waals surface area contributed by atoms with Gasteiger partial charge in [-0.25, -0.2) is 4.79 Å². The second-order valence-electron chi connectivity index (χ2n) is 7.36. The van der Waals surface area contributed by atoms with Crippen LogP contribution in [0.1, 0.15) is 51.3 Å². The lowest BCUT2D eigenvalue weighted by Crippen LogP contribution is -2.21. The molecule has 33 heavy (non-hydrogen) atoms. The summed E-state index contributed by atoms with van der Waals surface area (Å²) in [6.45, 7) is 3.63. The van der Waals surface area contributed by atoms with Crippen LogP contribution in [0.15, 0.2) is 66.7 Å². The Morgan fingerprint density at radius 3 is 2.27 bits per heavy atom. The van der Waals surface area contributed by atoms with Gasteiger partial charge in [0.2, 0.25) is 11.7 Å². The first kappa shape index (κ1) is 24.0. The van der Waals surface area contributed by atoms with Gasteiger partial charge in [0.25, 0.3) is 0 Å². The number of hydrogen-bond donors (Lipinski definition) is 1. The Bertz CT molecular complexity index is 1160. The van der Waals surface area contributed by atoms with E-state index in [1.165, 1.54) is 19.2 Å². The number of ketones is 1. The molecule has 1 amide bonds. The lowest BCUT2D eigenvalue weighted by molar-refractivity contribution is -0.115. The van der Waals surface area contributed by atoms with Crippen LogP contribution in [0.5, 0.6) is 5.75 Å². The van der Waals surface area contributed by atoms with Crippen LogP contribution >= 0.6 is 11.6 Å². The topological polar surface area (TPSA) is 81.7 Å². The van der Waals surface area contributed by atoms with Crippen LogP contribution in [-0.4, -0.2) is 24.8 Å². The van der Waals surface area contributed by atoms with Crippen LogP contribution in [-0.2, 0) is 9.53 Å². The first-order valence-corrected chi connectivity index (χ1v) is 10.8. The number of carbonyl (C=O) groups excluding carboxylic acids is 3. The number of amides is 1. The maximum atomic E-state index is 13.3. The molecule has 3 aromatic rings. The Hall–Kier alpha value is -3.64. The van der Waals surface area contributed by atoms with Crippen molar-refractivity contribution < 1.29 is 23.9 Å². The Balaban J connectivity index is 1.95. The van der Waals surface area contributed by atoms with Crippen molar-refractivity contribution in [2.24, 2.45) is 0 Å². The Morgan fingerprint density at radius 2 is 1.67 bits per heavy atom. The van der Waals surface area contributed by atoms with Gasteiger partial charge in [-0.15, -0.1) is 0 Å². The SMILES string of the molecule is CCC(=O)Nc1cc(OC)c(C(=O)O[C@@H](C(=O)c2ccc(C)cc2)c2ccccc2)cc1Cl. The van der Waals surface area contributed by atoms with Crippen LogP contribution in [0.2, 0.25) is 5.02 Å². The van der Waals surface area contributed by atoms with Gasteiger partial charge < -0.3 is 14.8 Å². The van der Waals surface area contributed by atoms with Gasteiger partial charge in [-0.3, -0.25) is 9.59 Å². The fourth-order valence-corrected chi connectivity index (χ4v) is 3.37. The first-order valence-electron chi connectivity index (χ1n) is 10.4. The number of benzene rings is 3. The maximum absolute atomic E-state index is 13.3. The van der Waals surface area contributed by atoms with Crippen molar-refractivity contribution in [2.45, 2.75) is 26.4 Å². The van der Waals surface area contributed by atoms with E-state index in [1.807, 2.05) is 25.1 Å². The van der Waals surface area contributed by atoms with E-state index >= 15 is 0 Å². The minimum atomic E-state index is -1.16. The molecule has 1 N–H and O–H groups in total. The molecule has 170 valence electrons. The number of anilines is 1. The zero-order valence-electron chi connectivity index (χ0n) is 18.6. The molecule has 0 aliphatic heterocycles. The van der Waals surface area contributed by atoms with Gasteiger partial charge in [-0.1, -0.05) is 78.7 Å². The molecule has 0 bridgehead atoms. The molecule has 1 atom stereocenters. The fourth-order valence-electron chi connectivity index (χ4n) is 3.16. The third-order valence-corrected chi connectivity index (χ3v) is 5.32. The van der Waals surface area contributed by atoms with Crippen LogP contribution < -0.4 is 10.1 Å². The smallest absolute Gasteiger partial charge is 0.343 e. The molecule has 0 unspecified atom stereocenters. The van der Waals surface area contributed by atoms with Gasteiger partial charge in [-0.05, 0) is 13.0 Å². The van der Waals surface area contributed by atoms with Crippen LogP contribution in [0.4, 0.5) is 5.69 Å². The molecule has 0 spiro atoms. The molecule has 0 aliphatic rings. The molecule has 0 aliphatic carbocycles. The van der Waals surface area contributed by atoms with Crippen molar-refractivity contribution in [3.63, 3.8) is 0 Å². The van der Waals surface area contributed by atoms with Gasteiger partial charge in [0.1, 0.15) is 11.3 Å². The Kier molecular flexibility index (Phi) is 7.85. The van der Waals surface area contributed by atoms with Crippen molar-refractivity contribution in [1.82, 2.24) is 0 Å². The molecule has 3 rings (SSSR count). The summed E-state index contributed by atoms with van der Waals surface area (Å²) < 4.78 is 11.0. The minimum Gasteiger partial charge on any atom is -0.496 e. The number of hydrogen-bond acceptors (Lipinski definition) is 5. The highest BCUT2D eigenvalue weighted by Crippen LogP contribution is 2.33. The molecular weight excluding hydrogens is 442 g/mol. The van der Waals surface area contributed by atoms with Gasteiger partial charge >= 0.3 is 5.97 Å². The highest BCUT2D eigenvalue weighted by atomic mass is 35.5. The summed E-state index contributed by atoms with van der Waals surface area (Å²) in [4.78, 5) is 38.2. The van der Waals surface area contributed by atoms with Crippen LogP contribution in [0.3, 0.4) is 0 Å². The second-order valence-corrected chi connectivity index (χ2v) is 7.77. The number of Topliss-reactive ketones (excluding diaryl/α,β-unsaturated/α-hetero) is 1. The second kappa shape index (κ2) is 10.8. The summed E-state index contributed by atoms with van der Waals surface area (Å²) in [5, 5.41) is 2.80. The fraction of sp³-hybridized carbons (Fsp3) is 0.192. The highest BCUT2D eigenvalue weighted by molar-refractivity contribution is 6.34. The lowest BCUT2D eigenvalue weighted by Gasteiger charge is -2.19. The monoisotopic (exact) mass is 465 g/mol. The summed E-state index contributed by atoms with van der Waals surface area (Å²) in [5.74, 6) is -1.21. The van der Waals surface area contributed by atoms with Crippen molar-refractivity contribution >= 4 is 34.9 Å². The normalized spacial score (nSPS) is 11.4. The Labute approximate surface area is 197 Å². The number of carbonyl (C=O) groups is 3. The van der Waals surface area contributed by atoms with E-state index < -0.39 is 12.1 Å². The molecule has 6 nitrogen and oxygen atoms in total. The van der Waals surface area contributed by atoms with Crippen LogP contribution in [0.25, 0.3) is 0 Å². The first-order chi connectivity index (χ1) is 15.8. The summed E-state index contributed by atoms with van der Waals surface area (Å²) in [6.07, 6.45) is -0.896. The molecule has 0 aromatic heterocycles. The summed E-state index contributed by atoms with van der Waals surface area (Å²) in [7, 11) is 1.39. The van der Waals surface area contributed by atoms with Crippen molar-refractivity contribution in [2.75, 3.05) is 12.4 Å². The van der Waals surface area contributed by atoms with Crippen molar-refractivity contribution in [3.8, 4) is 5.75 Å². The molecule has 3 aromatic carbocycles. The van der Waals surface area contributed by atoms with Gasteiger partial charge in [0, 0.05) is 23.6 Å². The summed E-state index contributed by atoms with van der Waals surface area (Å²) in [5.41, 5.74) is 2.31. The third-order valence-electron chi connectivity index (χ3n) is 5.01. The van der Waals surface area contributed by atoms with E-state index in [9.17, 15) is 14.4 Å². The number of esters is 1. The van der Waals surface area contributed by atoms with E-state index in [2.05, 4.69) is 5.32 Å². The number of ether oxygens (including phenoxy) is 2. The van der Waals surface area contributed by atoms with E-state index in [-0.39, 0.29) is 34.4 Å². The largest absolute Gasteiger partial charge is 0.496 e. The molecule has 0 radical (unpaired) electrons. The summed E-state index contributed by atoms with van der Waals surface area (Å²) in [6, 6.07) is 18.6. The minimum absolute atomic E-state index is 0.0367. The summed E-state index contributed by atoms with van der Waals surface area (Å²) >= 11 is 6.29. The molecule has 7 heteroatoms.